The second-order valence-corrected chi connectivity index (χ2v) is 7.65. The molecule has 0 radical (unpaired) electrons. The molecule has 0 aromatic carbocycles. The van der Waals surface area contributed by atoms with Gasteiger partial charge in [0.05, 0.1) is 15.7 Å². The molecule has 0 atom stereocenters. The number of aliphatic imine (C=N–C) groups is 1. The number of hydrogen-bond acceptors (Lipinski definition) is 5. The fraction of sp³-hybridized carbons (Fsp3) is 0.533. The van der Waals surface area contributed by atoms with Gasteiger partial charge in [-0.05, 0) is 20.8 Å². The highest BCUT2D eigenvalue weighted by Gasteiger charge is 2.04. The molecule has 2 aromatic rings. The largest absolute Gasteiger partial charge is 0.356 e. The molecular formula is C15H24IN5S2. The van der Waals surface area contributed by atoms with E-state index < -0.39 is 0 Å². The van der Waals surface area contributed by atoms with Crippen LogP contribution in [-0.2, 0) is 12.8 Å². The molecule has 0 aliphatic carbocycles. The van der Waals surface area contributed by atoms with Crippen molar-refractivity contribution in [2.45, 2.75) is 33.6 Å². The van der Waals surface area contributed by atoms with Crippen molar-refractivity contribution in [3.05, 3.63) is 31.7 Å². The maximum atomic E-state index is 4.55. The van der Waals surface area contributed by atoms with Gasteiger partial charge < -0.3 is 10.6 Å². The molecule has 0 saturated heterocycles. The summed E-state index contributed by atoms with van der Waals surface area (Å²) < 4.78 is 0. The van der Waals surface area contributed by atoms with Crippen LogP contribution in [0.2, 0.25) is 0 Å². The number of aryl methyl sites for hydroxylation is 3. The topological polar surface area (TPSA) is 62.2 Å². The third-order valence-corrected chi connectivity index (χ3v) is 5.33. The maximum Gasteiger partial charge on any atom is 0.191 e. The van der Waals surface area contributed by atoms with Gasteiger partial charge in [0.25, 0.3) is 0 Å². The molecule has 0 aliphatic heterocycles. The normalized spacial score (nSPS) is 11.2. The molecule has 23 heavy (non-hydrogen) atoms. The molecule has 128 valence electrons. The summed E-state index contributed by atoms with van der Waals surface area (Å²) in [5.41, 5.74) is 1.14. The average Bonchev–Trinajstić information content (AvgIpc) is 3.03. The first-order valence-corrected chi connectivity index (χ1v) is 9.00. The fourth-order valence-corrected chi connectivity index (χ4v) is 3.68. The molecule has 5 nitrogen and oxygen atoms in total. The Morgan fingerprint density at radius 3 is 2.22 bits per heavy atom. The monoisotopic (exact) mass is 465 g/mol. The predicted octanol–water partition coefficient (Wildman–Crippen LogP) is 3.09. The second kappa shape index (κ2) is 10.2. The minimum atomic E-state index is 0. The molecular weight excluding hydrogens is 441 g/mol. The first kappa shape index (κ1) is 20.3. The lowest BCUT2D eigenvalue weighted by atomic mass is 10.4. The maximum absolute atomic E-state index is 4.55. The van der Waals surface area contributed by atoms with Crippen molar-refractivity contribution in [2.75, 3.05) is 20.1 Å². The molecule has 2 N–H and O–H groups in total. The van der Waals surface area contributed by atoms with Crippen LogP contribution in [0.15, 0.2) is 11.2 Å². The van der Waals surface area contributed by atoms with Gasteiger partial charge in [-0.1, -0.05) is 0 Å². The Labute approximate surface area is 163 Å². The van der Waals surface area contributed by atoms with Crippen LogP contribution in [0.1, 0.15) is 25.5 Å². The molecule has 0 spiro atoms. The van der Waals surface area contributed by atoms with Gasteiger partial charge in [0.15, 0.2) is 5.96 Å². The van der Waals surface area contributed by atoms with Crippen LogP contribution >= 0.6 is 46.7 Å². The molecule has 0 aliphatic rings. The Hall–Kier alpha value is -0.740. The van der Waals surface area contributed by atoms with Gasteiger partial charge in [-0.3, -0.25) is 4.99 Å². The van der Waals surface area contributed by atoms with Crippen molar-refractivity contribution in [1.82, 2.24) is 20.6 Å². The van der Waals surface area contributed by atoms with E-state index in [1.807, 2.05) is 6.20 Å². The summed E-state index contributed by atoms with van der Waals surface area (Å²) in [6.45, 7) is 7.93. The van der Waals surface area contributed by atoms with Crippen molar-refractivity contribution >= 4 is 52.6 Å². The van der Waals surface area contributed by atoms with Crippen LogP contribution < -0.4 is 10.6 Å². The fourth-order valence-electron chi connectivity index (χ4n) is 1.96. The minimum Gasteiger partial charge on any atom is -0.356 e. The highest BCUT2D eigenvalue weighted by Crippen LogP contribution is 2.16. The van der Waals surface area contributed by atoms with E-state index in [4.69, 9.17) is 0 Å². The van der Waals surface area contributed by atoms with Crippen molar-refractivity contribution in [3.63, 3.8) is 0 Å². The molecule has 0 saturated carbocycles. The Morgan fingerprint density at radius 2 is 1.74 bits per heavy atom. The molecule has 0 bridgehead atoms. The Morgan fingerprint density at radius 1 is 1.09 bits per heavy atom. The first-order valence-electron chi connectivity index (χ1n) is 7.37. The van der Waals surface area contributed by atoms with Gasteiger partial charge >= 0.3 is 0 Å². The third kappa shape index (κ3) is 6.72. The van der Waals surface area contributed by atoms with Gasteiger partial charge in [0.2, 0.25) is 0 Å². The lowest BCUT2D eigenvalue weighted by Crippen LogP contribution is -2.39. The van der Waals surface area contributed by atoms with E-state index in [-0.39, 0.29) is 24.0 Å². The van der Waals surface area contributed by atoms with E-state index in [1.54, 1.807) is 29.7 Å². The summed E-state index contributed by atoms with van der Waals surface area (Å²) in [5, 5.41) is 8.98. The number of hydrogen-bond donors (Lipinski definition) is 2. The number of nitrogens with one attached hydrogen (secondary N) is 2. The van der Waals surface area contributed by atoms with E-state index in [9.17, 15) is 0 Å². The van der Waals surface area contributed by atoms with Crippen molar-refractivity contribution in [3.8, 4) is 0 Å². The van der Waals surface area contributed by atoms with E-state index in [0.29, 0.717) is 0 Å². The summed E-state index contributed by atoms with van der Waals surface area (Å²) >= 11 is 3.52. The highest BCUT2D eigenvalue weighted by atomic mass is 127. The van der Waals surface area contributed by atoms with E-state index in [1.165, 1.54) is 14.8 Å². The van der Waals surface area contributed by atoms with Gasteiger partial charge in [-0.2, -0.15) is 0 Å². The lowest BCUT2D eigenvalue weighted by molar-refractivity contribution is 0.779. The third-order valence-electron chi connectivity index (χ3n) is 3.23. The zero-order chi connectivity index (χ0) is 15.9. The van der Waals surface area contributed by atoms with Crippen LogP contribution in [0, 0.1) is 20.8 Å². The summed E-state index contributed by atoms with van der Waals surface area (Å²) in [6.07, 6.45) is 3.76. The molecule has 0 fully saturated rings. The van der Waals surface area contributed by atoms with Crippen LogP contribution in [0.4, 0.5) is 0 Å². The zero-order valence-corrected chi connectivity index (χ0v) is 17.9. The predicted molar refractivity (Wildman–Crippen MR) is 111 cm³/mol. The van der Waals surface area contributed by atoms with Gasteiger partial charge in [0.1, 0.15) is 0 Å². The smallest absolute Gasteiger partial charge is 0.191 e. The highest BCUT2D eigenvalue weighted by molar-refractivity contribution is 14.0. The van der Waals surface area contributed by atoms with Crippen LogP contribution in [0.25, 0.3) is 0 Å². The molecule has 0 unspecified atom stereocenters. The van der Waals surface area contributed by atoms with E-state index >= 15 is 0 Å². The summed E-state index contributed by atoms with van der Waals surface area (Å²) in [5.74, 6) is 0.832. The minimum absolute atomic E-state index is 0. The van der Waals surface area contributed by atoms with E-state index in [2.05, 4.69) is 46.4 Å². The molecule has 8 heteroatoms. The van der Waals surface area contributed by atoms with E-state index in [0.717, 1.165) is 42.6 Å². The SMILES string of the molecule is CN=C(NCCc1ncc(C)s1)NCCc1nc(C)c(C)s1.I. The second-order valence-electron chi connectivity index (χ2n) is 5.04. The standard InChI is InChI=1S/C15H23N5S2.HI/c1-10-9-19-13(21-10)5-7-17-15(16-4)18-8-6-14-20-11(2)12(3)22-14;/h9H,5-8H2,1-4H3,(H2,16,17,18);1H. The van der Waals surface area contributed by atoms with Gasteiger partial charge in [-0.15, -0.1) is 46.7 Å². The number of aromatic nitrogens is 2. The summed E-state index contributed by atoms with van der Waals surface area (Å²) in [7, 11) is 1.79. The Bertz CT molecular complexity index is 616. The number of rotatable bonds is 6. The quantitative estimate of drug-likeness (QED) is 0.391. The number of halogens is 1. The molecule has 2 rings (SSSR count). The molecule has 2 aromatic heterocycles. The number of thiazole rings is 2. The Balaban J connectivity index is 0.00000264. The van der Waals surface area contributed by atoms with Crippen LogP contribution in [0.5, 0.6) is 0 Å². The lowest BCUT2D eigenvalue weighted by Gasteiger charge is -2.10. The summed E-state index contributed by atoms with van der Waals surface area (Å²) in [6, 6.07) is 0. The average molecular weight is 465 g/mol. The van der Waals surface area contributed by atoms with Gasteiger partial charge in [0, 0.05) is 48.9 Å². The van der Waals surface area contributed by atoms with Crippen LogP contribution in [-0.4, -0.2) is 36.1 Å². The Kier molecular flexibility index (Phi) is 9.00. The van der Waals surface area contributed by atoms with Crippen LogP contribution in [0.3, 0.4) is 0 Å². The first-order chi connectivity index (χ1) is 10.6. The van der Waals surface area contributed by atoms with Crippen molar-refractivity contribution in [2.24, 2.45) is 4.99 Å². The number of nitrogens with zero attached hydrogens (tertiary/aromatic N) is 3. The van der Waals surface area contributed by atoms with Gasteiger partial charge in [-0.25, -0.2) is 9.97 Å². The summed E-state index contributed by atoms with van der Waals surface area (Å²) in [4.78, 5) is 15.7. The van der Waals surface area contributed by atoms with Crippen molar-refractivity contribution in [1.29, 1.82) is 0 Å². The molecule has 2 heterocycles. The van der Waals surface area contributed by atoms with Crippen molar-refractivity contribution < 1.29 is 0 Å². The zero-order valence-electron chi connectivity index (χ0n) is 14.0. The number of guanidine groups is 1. The molecule has 0 amide bonds.